The lowest BCUT2D eigenvalue weighted by molar-refractivity contribution is 0.0690. The SMILES string of the molecule is COc1ccccc1N(C)c1nc(C(=O)O)co1. The number of anilines is 2. The number of benzene rings is 1. The minimum Gasteiger partial charge on any atom is -0.495 e. The van der Waals surface area contributed by atoms with Crippen LogP contribution >= 0.6 is 0 Å². The molecule has 0 spiro atoms. The van der Waals surface area contributed by atoms with E-state index in [0.717, 1.165) is 12.0 Å². The van der Waals surface area contributed by atoms with E-state index in [4.69, 9.17) is 14.3 Å². The molecular formula is C12H12N2O4. The van der Waals surface area contributed by atoms with Gasteiger partial charge in [0.05, 0.1) is 12.8 Å². The van der Waals surface area contributed by atoms with Crippen LogP contribution in [0.5, 0.6) is 5.75 Å². The van der Waals surface area contributed by atoms with E-state index >= 15 is 0 Å². The van der Waals surface area contributed by atoms with E-state index in [-0.39, 0.29) is 11.7 Å². The summed E-state index contributed by atoms with van der Waals surface area (Å²) in [7, 11) is 3.28. The van der Waals surface area contributed by atoms with Gasteiger partial charge >= 0.3 is 12.0 Å². The van der Waals surface area contributed by atoms with E-state index in [2.05, 4.69) is 4.98 Å². The van der Waals surface area contributed by atoms with Gasteiger partial charge < -0.3 is 14.3 Å². The van der Waals surface area contributed by atoms with Crippen LogP contribution in [0.2, 0.25) is 0 Å². The number of carboxylic acids is 1. The minimum atomic E-state index is -1.13. The number of carbonyl (C=O) groups is 1. The van der Waals surface area contributed by atoms with Crippen molar-refractivity contribution in [2.24, 2.45) is 0 Å². The number of aromatic carboxylic acids is 1. The van der Waals surface area contributed by atoms with Gasteiger partial charge in [-0.15, -0.1) is 0 Å². The van der Waals surface area contributed by atoms with Crippen LogP contribution < -0.4 is 9.64 Å². The summed E-state index contributed by atoms with van der Waals surface area (Å²) in [6.45, 7) is 0. The summed E-state index contributed by atoms with van der Waals surface area (Å²) in [5, 5.41) is 8.79. The number of methoxy groups -OCH3 is 1. The number of rotatable bonds is 4. The molecular weight excluding hydrogens is 236 g/mol. The highest BCUT2D eigenvalue weighted by Crippen LogP contribution is 2.31. The second kappa shape index (κ2) is 4.79. The Labute approximate surface area is 103 Å². The fourth-order valence-corrected chi connectivity index (χ4v) is 1.53. The van der Waals surface area contributed by atoms with E-state index < -0.39 is 5.97 Å². The molecule has 2 aromatic rings. The van der Waals surface area contributed by atoms with Crippen molar-refractivity contribution in [3.63, 3.8) is 0 Å². The average Bonchev–Trinajstić information content (AvgIpc) is 2.87. The summed E-state index contributed by atoms with van der Waals surface area (Å²) < 4.78 is 10.3. The first-order valence-electron chi connectivity index (χ1n) is 5.19. The largest absolute Gasteiger partial charge is 0.495 e. The third kappa shape index (κ3) is 2.13. The summed E-state index contributed by atoms with van der Waals surface area (Å²) >= 11 is 0. The Balaban J connectivity index is 2.35. The Morgan fingerprint density at radius 3 is 2.78 bits per heavy atom. The molecule has 18 heavy (non-hydrogen) atoms. The van der Waals surface area contributed by atoms with Crippen molar-refractivity contribution in [1.29, 1.82) is 0 Å². The number of hydrogen-bond acceptors (Lipinski definition) is 5. The Kier molecular flexibility index (Phi) is 3.18. The molecule has 0 fully saturated rings. The molecule has 1 N–H and O–H groups in total. The van der Waals surface area contributed by atoms with Gasteiger partial charge in [0.2, 0.25) is 0 Å². The molecule has 0 aliphatic carbocycles. The number of ether oxygens (including phenoxy) is 1. The lowest BCUT2D eigenvalue weighted by Gasteiger charge is -2.17. The topological polar surface area (TPSA) is 75.8 Å². The van der Waals surface area contributed by atoms with Crippen LogP contribution in [0.3, 0.4) is 0 Å². The monoisotopic (exact) mass is 248 g/mol. The zero-order valence-corrected chi connectivity index (χ0v) is 9.95. The van der Waals surface area contributed by atoms with E-state index in [0.29, 0.717) is 5.75 Å². The van der Waals surface area contributed by atoms with Gasteiger partial charge in [0, 0.05) is 7.05 Å². The smallest absolute Gasteiger partial charge is 0.357 e. The summed E-state index contributed by atoms with van der Waals surface area (Å²) in [5.74, 6) is -0.478. The molecule has 0 unspecified atom stereocenters. The molecule has 0 radical (unpaired) electrons. The molecule has 0 bridgehead atoms. The van der Waals surface area contributed by atoms with Crippen LogP contribution in [0.15, 0.2) is 34.9 Å². The van der Waals surface area contributed by atoms with Crippen molar-refractivity contribution in [2.45, 2.75) is 0 Å². The number of carboxylic acid groups (broad SMARTS) is 1. The third-order valence-electron chi connectivity index (χ3n) is 2.44. The number of para-hydroxylation sites is 2. The molecule has 6 nitrogen and oxygen atoms in total. The van der Waals surface area contributed by atoms with Gasteiger partial charge in [-0.1, -0.05) is 12.1 Å². The van der Waals surface area contributed by atoms with Gasteiger partial charge in [0.1, 0.15) is 12.0 Å². The van der Waals surface area contributed by atoms with Crippen molar-refractivity contribution in [3.05, 3.63) is 36.2 Å². The second-order valence-electron chi connectivity index (χ2n) is 3.55. The summed E-state index contributed by atoms with van der Waals surface area (Å²) in [4.78, 5) is 16.2. The molecule has 0 amide bonds. The zero-order chi connectivity index (χ0) is 13.1. The van der Waals surface area contributed by atoms with Crippen LogP contribution in [-0.4, -0.2) is 30.2 Å². The van der Waals surface area contributed by atoms with Crippen molar-refractivity contribution in [1.82, 2.24) is 4.98 Å². The summed E-state index contributed by atoms with van der Waals surface area (Å²) in [6.07, 6.45) is 1.10. The number of hydrogen-bond donors (Lipinski definition) is 1. The molecule has 0 saturated heterocycles. The van der Waals surface area contributed by atoms with Gasteiger partial charge in [0.25, 0.3) is 0 Å². The predicted molar refractivity (Wildman–Crippen MR) is 64.5 cm³/mol. The van der Waals surface area contributed by atoms with Crippen molar-refractivity contribution in [3.8, 4) is 5.75 Å². The van der Waals surface area contributed by atoms with E-state index in [1.807, 2.05) is 18.2 Å². The number of oxazole rings is 1. The van der Waals surface area contributed by atoms with Gasteiger partial charge in [-0.2, -0.15) is 4.98 Å². The second-order valence-corrected chi connectivity index (χ2v) is 3.55. The molecule has 0 aliphatic rings. The Hall–Kier alpha value is -2.50. The van der Waals surface area contributed by atoms with Crippen LogP contribution in [0.4, 0.5) is 11.7 Å². The quantitative estimate of drug-likeness (QED) is 0.893. The normalized spacial score (nSPS) is 10.1. The maximum atomic E-state index is 10.7. The van der Waals surface area contributed by atoms with Crippen molar-refractivity contribution < 1.29 is 19.1 Å². The number of aromatic nitrogens is 1. The molecule has 0 aliphatic heterocycles. The molecule has 0 atom stereocenters. The first kappa shape index (κ1) is 12.0. The van der Waals surface area contributed by atoms with Crippen LogP contribution in [0, 0.1) is 0 Å². The van der Waals surface area contributed by atoms with Crippen LogP contribution in [0.25, 0.3) is 0 Å². The van der Waals surface area contributed by atoms with Gasteiger partial charge in [-0.25, -0.2) is 4.79 Å². The Morgan fingerprint density at radius 1 is 1.44 bits per heavy atom. The highest BCUT2D eigenvalue weighted by atomic mass is 16.5. The standard InChI is InChI=1S/C12H12N2O4/c1-14(9-5-3-4-6-10(9)17-2)12-13-8(7-18-12)11(15)16/h3-7H,1-2H3,(H,15,16). The molecule has 94 valence electrons. The van der Waals surface area contributed by atoms with Crippen LogP contribution in [-0.2, 0) is 0 Å². The predicted octanol–water partition coefficient (Wildman–Crippen LogP) is 2.15. The third-order valence-corrected chi connectivity index (χ3v) is 2.44. The maximum Gasteiger partial charge on any atom is 0.357 e. The molecule has 6 heteroatoms. The fraction of sp³-hybridized carbons (Fsp3) is 0.167. The lowest BCUT2D eigenvalue weighted by atomic mass is 10.3. The summed E-state index contributed by atoms with van der Waals surface area (Å²) in [5.41, 5.74) is 0.602. The lowest BCUT2D eigenvalue weighted by Crippen LogP contribution is -2.11. The molecule has 0 saturated carbocycles. The van der Waals surface area contributed by atoms with E-state index in [1.54, 1.807) is 25.1 Å². The molecule has 1 aromatic carbocycles. The zero-order valence-electron chi connectivity index (χ0n) is 9.95. The van der Waals surface area contributed by atoms with E-state index in [9.17, 15) is 4.79 Å². The average molecular weight is 248 g/mol. The summed E-state index contributed by atoms with van der Waals surface area (Å²) in [6, 6.07) is 7.50. The first-order chi connectivity index (χ1) is 8.63. The van der Waals surface area contributed by atoms with Crippen molar-refractivity contribution in [2.75, 3.05) is 19.1 Å². The number of nitrogens with zero attached hydrogens (tertiary/aromatic N) is 2. The van der Waals surface area contributed by atoms with Gasteiger partial charge in [-0.05, 0) is 12.1 Å². The Morgan fingerprint density at radius 2 is 2.17 bits per heavy atom. The molecule has 1 heterocycles. The minimum absolute atomic E-state index is 0.133. The molecule has 2 rings (SSSR count). The Bertz CT molecular complexity index is 565. The van der Waals surface area contributed by atoms with Crippen LogP contribution in [0.1, 0.15) is 10.5 Å². The fourth-order valence-electron chi connectivity index (χ4n) is 1.53. The highest BCUT2D eigenvalue weighted by Gasteiger charge is 2.16. The van der Waals surface area contributed by atoms with Gasteiger partial charge in [-0.3, -0.25) is 4.90 Å². The molecule has 1 aromatic heterocycles. The maximum absolute atomic E-state index is 10.7. The van der Waals surface area contributed by atoms with Gasteiger partial charge in [0.15, 0.2) is 5.69 Å². The van der Waals surface area contributed by atoms with E-state index in [1.165, 1.54) is 0 Å². The highest BCUT2D eigenvalue weighted by molar-refractivity contribution is 5.85. The first-order valence-corrected chi connectivity index (χ1v) is 5.19. The van der Waals surface area contributed by atoms with Crippen molar-refractivity contribution >= 4 is 17.7 Å².